The van der Waals surface area contributed by atoms with E-state index < -0.39 is 0 Å². The largest absolute Gasteiger partial charge is 0.329 e. The highest BCUT2D eigenvalue weighted by atomic mass is 79.9. The molecule has 0 fully saturated rings. The molecule has 0 spiro atoms. The van der Waals surface area contributed by atoms with Gasteiger partial charge in [-0.25, -0.2) is 0 Å². The fraction of sp³-hybridized carbons (Fsp3) is 0.412. The van der Waals surface area contributed by atoms with E-state index in [1.807, 2.05) is 11.3 Å². The van der Waals surface area contributed by atoms with Crippen LogP contribution in [0, 0.1) is 6.92 Å². The second-order valence-electron chi connectivity index (χ2n) is 5.72. The van der Waals surface area contributed by atoms with Crippen molar-refractivity contribution in [2.75, 3.05) is 13.1 Å². The quantitative estimate of drug-likeness (QED) is 0.872. The SMILES string of the molecule is Cc1ccc(C(CN)N2CCc3sccc3C2C)cc1Br. The molecule has 3 rings (SSSR count). The second kappa shape index (κ2) is 6.21. The molecule has 2 atom stereocenters. The lowest BCUT2D eigenvalue weighted by atomic mass is 9.95. The van der Waals surface area contributed by atoms with Crippen molar-refractivity contribution in [3.63, 3.8) is 0 Å². The molecule has 2 N–H and O–H groups in total. The van der Waals surface area contributed by atoms with Crippen LogP contribution in [0.25, 0.3) is 0 Å². The van der Waals surface area contributed by atoms with E-state index >= 15 is 0 Å². The van der Waals surface area contributed by atoms with Crippen LogP contribution in [0.4, 0.5) is 0 Å². The van der Waals surface area contributed by atoms with Gasteiger partial charge in [0.05, 0.1) is 0 Å². The summed E-state index contributed by atoms with van der Waals surface area (Å²) in [5.74, 6) is 0. The number of halogens is 1. The summed E-state index contributed by atoms with van der Waals surface area (Å²) in [5, 5.41) is 2.21. The summed E-state index contributed by atoms with van der Waals surface area (Å²) in [5.41, 5.74) is 10.2. The predicted octanol–water partition coefficient (Wildman–Crippen LogP) is 4.44. The van der Waals surface area contributed by atoms with E-state index in [1.54, 1.807) is 4.88 Å². The van der Waals surface area contributed by atoms with Crippen LogP contribution in [0.1, 0.15) is 40.6 Å². The van der Waals surface area contributed by atoms with Crippen molar-refractivity contribution in [1.82, 2.24) is 4.90 Å². The molecule has 21 heavy (non-hydrogen) atoms. The summed E-state index contributed by atoms with van der Waals surface area (Å²) in [6.45, 7) is 6.16. The van der Waals surface area contributed by atoms with Crippen molar-refractivity contribution in [1.29, 1.82) is 0 Å². The van der Waals surface area contributed by atoms with Gasteiger partial charge in [-0.3, -0.25) is 4.90 Å². The van der Waals surface area contributed by atoms with Crippen LogP contribution in [-0.2, 0) is 6.42 Å². The Labute approximate surface area is 139 Å². The number of aryl methyl sites for hydroxylation is 1. The molecule has 2 aromatic rings. The molecule has 0 saturated carbocycles. The molecule has 1 aliphatic heterocycles. The van der Waals surface area contributed by atoms with Crippen LogP contribution in [0.15, 0.2) is 34.1 Å². The number of nitrogens with two attached hydrogens (primary N) is 1. The van der Waals surface area contributed by atoms with Gasteiger partial charge in [-0.15, -0.1) is 11.3 Å². The van der Waals surface area contributed by atoms with Gasteiger partial charge >= 0.3 is 0 Å². The Morgan fingerprint density at radius 3 is 2.95 bits per heavy atom. The lowest BCUT2D eigenvalue weighted by Crippen LogP contribution is -2.39. The number of nitrogens with zero attached hydrogens (tertiary/aromatic N) is 1. The summed E-state index contributed by atoms with van der Waals surface area (Å²) < 4.78 is 1.17. The third-order valence-electron chi connectivity index (χ3n) is 4.53. The second-order valence-corrected chi connectivity index (χ2v) is 7.58. The van der Waals surface area contributed by atoms with Gasteiger partial charge in [0.2, 0.25) is 0 Å². The zero-order valence-electron chi connectivity index (χ0n) is 12.5. The molecule has 112 valence electrons. The maximum Gasteiger partial charge on any atom is 0.0477 e. The van der Waals surface area contributed by atoms with Crippen LogP contribution < -0.4 is 5.73 Å². The summed E-state index contributed by atoms with van der Waals surface area (Å²) in [6, 6.07) is 9.61. The van der Waals surface area contributed by atoms with Crippen LogP contribution in [-0.4, -0.2) is 18.0 Å². The normalized spacial score (nSPS) is 20.3. The highest BCUT2D eigenvalue weighted by molar-refractivity contribution is 9.10. The Balaban J connectivity index is 1.92. The minimum absolute atomic E-state index is 0.282. The minimum Gasteiger partial charge on any atom is -0.329 e. The van der Waals surface area contributed by atoms with E-state index in [1.165, 1.54) is 21.2 Å². The number of hydrogen-bond donors (Lipinski definition) is 1. The monoisotopic (exact) mass is 364 g/mol. The Morgan fingerprint density at radius 2 is 2.24 bits per heavy atom. The fourth-order valence-electron chi connectivity index (χ4n) is 3.23. The Kier molecular flexibility index (Phi) is 4.50. The third-order valence-corrected chi connectivity index (χ3v) is 6.38. The highest BCUT2D eigenvalue weighted by Gasteiger charge is 2.30. The summed E-state index contributed by atoms with van der Waals surface area (Å²) in [4.78, 5) is 4.09. The number of rotatable bonds is 3. The molecule has 1 aliphatic rings. The first-order chi connectivity index (χ1) is 10.1. The molecular formula is C17H21BrN2S. The van der Waals surface area contributed by atoms with Crippen LogP contribution >= 0.6 is 27.3 Å². The molecule has 0 aliphatic carbocycles. The van der Waals surface area contributed by atoms with Crippen LogP contribution in [0.5, 0.6) is 0 Å². The number of hydrogen-bond acceptors (Lipinski definition) is 3. The van der Waals surface area contributed by atoms with Gasteiger partial charge in [-0.1, -0.05) is 28.1 Å². The maximum absolute atomic E-state index is 6.13. The molecule has 1 aromatic heterocycles. The van der Waals surface area contributed by atoms with Gasteiger partial charge in [0.25, 0.3) is 0 Å². The van der Waals surface area contributed by atoms with Crippen molar-refractivity contribution in [3.05, 3.63) is 55.7 Å². The smallest absolute Gasteiger partial charge is 0.0477 e. The standard InChI is InChI=1S/C17H21BrN2S/c1-11-3-4-13(9-15(11)18)16(10-19)20-7-5-17-14(12(20)2)6-8-21-17/h3-4,6,8-9,12,16H,5,7,10,19H2,1-2H3. The maximum atomic E-state index is 6.13. The predicted molar refractivity (Wildman–Crippen MR) is 93.8 cm³/mol. The van der Waals surface area contributed by atoms with Gasteiger partial charge in [0.1, 0.15) is 0 Å². The molecular weight excluding hydrogens is 344 g/mol. The first-order valence-corrected chi connectivity index (χ1v) is 9.07. The molecule has 2 unspecified atom stereocenters. The zero-order chi connectivity index (χ0) is 15.0. The molecule has 2 heterocycles. The fourth-order valence-corrected chi connectivity index (χ4v) is 4.59. The molecule has 4 heteroatoms. The molecule has 0 bridgehead atoms. The van der Waals surface area contributed by atoms with Gasteiger partial charge < -0.3 is 5.73 Å². The van der Waals surface area contributed by atoms with E-state index in [0.717, 1.165) is 13.0 Å². The average Bonchev–Trinajstić information content (AvgIpc) is 2.95. The topological polar surface area (TPSA) is 29.3 Å². The first kappa shape index (κ1) is 15.2. The van der Waals surface area contributed by atoms with Crippen molar-refractivity contribution in [3.8, 4) is 0 Å². The summed E-state index contributed by atoms with van der Waals surface area (Å²) >= 11 is 5.53. The Morgan fingerprint density at radius 1 is 1.43 bits per heavy atom. The number of thiophene rings is 1. The van der Waals surface area contributed by atoms with Gasteiger partial charge in [-0.2, -0.15) is 0 Å². The number of fused-ring (bicyclic) bond motifs is 1. The van der Waals surface area contributed by atoms with E-state index in [0.29, 0.717) is 12.6 Å². The summed E-state index contributed by atoms with van der Waals surface area (Å²) in [6.07, 6.45) is 1.14. The van der Waals surface area contributed by atoms with Gasteiger partial charge in [-0.05, 0) is 54.5 Å². The van der Waals surface area contributed by atoms with Crippen LogP contribution in [0.3, 0.4) is 0 Å². The molecule has 0 amide bonds. The van der Waals surface area contributed by atoms with E-state index in [9.17, 15) is 0 Å². The molecule has 2 nitrogen and oxygen atoms in total. The van der Waals surface area contributed by atoms with E-state index in [2.05, 4.69) is 64.3 Å². The minimum atomic E-state index is 0.282. The Bertz CT molecular complexity index is 637. The zero-order valence-corrected chi connectivity index (χ0v) is 14.9. The van der Waals surface area contributed by atoms with Crippen molar-refractivity contribution in [2.24, 2.45) is 5.73 Å². The van der Waals surface area contributed by atoms with E-state index in [-0.39, 0.29) is 6.04 Å². The summed E-state index contributed by atoms with van der Waals surface area (Å²) in [7, 11) is 0. The van der Waals surface area contributed by atoms with Crippen LogP contribution in [0.2, 0.25) is 0 Å². The lowest BCUT2D eigenvalue weighted by Gasteiger charge is -2.39. The first-order valence-electron chi connectivity index (χ1n) is 7.40. The van der Waals surface area contributed by atoms with Gasteiger partial charge in [0.15, 0.2) is 0 Å². The molecule has 0 saturated heterocycles. The van der Waals surface area contributed by atoms with Gasteiger partial charge in [0, 0.05) is 34.5 Å². The Hall–Kier alpha value is -0.680. The van der Waals surface area contributed by atoms with E-state index in [4.69, 9.17) is 5.73 Å². The van der Waals surface area contributed by atoms with Crippen molar-refractivity contribution >= 4 is 27.3 Å². The lowest BCUT2D eigenvalue weighted by molar-refractivity contribution is 0.138. The molecule has 1 aromatic carbocycles. The number of benzene rings is 1. The highest BCUT2D eigenvalue weighted by Crippen LogP contribution is 2.38. The molecule has 0 radical (unpaired) electrons. The third kappa shape index (κ3) is 2.82. The van der Waals surface area contributed by atoms with Crippen molar-refractivity contribution < 1.29 is 0 Å². The van der Waals surface area contributed by atoms with Crippen molar-refractivity contribution in [2.45, 2.75) is 32.4 Å². The average molecular weight is 365 g/mol.